The third-order valence-corrected chi connectivity index (χ3v) is 3.92. The zero-order chi connectivity index (χ0) is 15.6. The summed E-state index contributed by atoms with van der Waals surface area (Å²) in [5.41, 5.74) is 0.130. The van der Waals surface area contributed by atoms with Crippen molar-refractivity contribution >= 4 is 26.0 Å². The van der Waals surface area contributed by atoms with E-state index in [1.165, 1.54) is 12.1 Å². The monoisotopic (exact) mass is 322 g/mol. The van der Waals surface area contributed by atoms with Crippen LogP contribution in [0.5, 0.6) is 0 Å². The maximum absolute atomic E-state index is 11.5. The molecule has 0 spiro atoms. The molecule has 0 amide bonds. The van der Waals surface area contributed by atoms with Crippen LogP contribution in [0.3, 0.4) is 0 Å². The molecule has 0 bridgehead atoms. The van der Waals surface area contributed by atoms with Crippen molar-refractivity contribution in [3.05, 3.63) is 29.3 Å². The fourth-order valence-corrected chi connectivity index (χ4v) is 2.61. The normalized spacial score (nSPS) is 12.2. The minimum absolute atomic E-state index is 0.122. The third kappa shape index (κ3) is 4.56. The summed E-state index contributed by atoms with van der Waals surface area (Å²) in [5.74, 6) is -0.850. The smallest absolute Gasteiger partial charge is 0.339 e. The molecule has 20 heavy (non-hydrogen) atoms. The first-order valence-corrected chi connectivity index (χ1v) is 8.67. The van der Waals surface area contributed by atoms with Crippen molar-refractivity contribution < 1.29 is 26.4 Å². The third-order valence-electron chi connectivity index (χ3n) is 2.30. The lowest BCUT2D eigenvalue weighted by Gasteiger charge is -2.09. The molecule has 0 aromatic heterocycles. The Balaban J connectivity index is 3.25. The molecule has 8 nitrogen and oxygen atoms in total. The Morgan fingerprint density at radius 3 is 2.35 bits per heavy atom. The fourth-order valence-electron chi connectivity index (χ4n) is 1.41. The van der Waals surface area contributed by atoms with Gasteiger partial charge in [0.05, 0.1) is 23.8 Å². The number of hydrogen-bond acceptors (Lipinski definition) is 6. The second kappa shape index (κ2) is 5.87. The van der Waals surface area contributed by atoms with Crippen molar-refractivity contribution in [2.24, 2.45) is 5.14 Å². The van der Waals surface area contributed by atoms with Crippen LogP contribution in [0.25, 0.3) is 0 Å². The molecule has 112 valence electrons. The van der Waals surface area contributed by atoms with Gasteiger partial charge in [-0.3, -0.25) is 0 Å². The van der Waals surface area contributed by atoms with Gasteiger partial charge in [0.15, 0.2) is 0 Å². The van der Waals surface area contributed by atoms with E-state index >= 15 is 0 Å². The quantitative estimate of drug-likeness (QED) is 0.680. The van der Waals surface area contributed by atoms with E-state index in [0.29, 0.717) is 5.56 Å². The molecule has 0 radical (unpaired) electrons. The van der Waals surface area contributed by atoms with Gasteiger partial charge < -0.3 is 4.74 Å². The summed E-state index contributed by atoms with van der Waals surface area (Å²) < 4.78 is 51.5. The molecule has 0 saturated carbocycles. The number of methoxy groups -OCH3 is 1. The van der Waals surface area contributed by atoms with Crippen LogP contribution in [0.4, 0.5) is 0 Å². The number of hydrogen-bond donors (Lipinski definition) is 2. The first-order chi connectivity index (χ1) is 9.04. The summed E-state index contributed by atoms with van der Waals surface area (Å²) >= 11 is 0. The Morgan fingerprint density at radius 1 is 1.30 bits per heavy atom. The highest BCUT2D eigenvalue weighted by Gasteiger charge is 2.20. The lowest BCUT2D eigenvalue weighted by molar-refractivity contribution is 0.0596. The molecular weight excluding hydrogens is 308 g/mol. The van der Waals surface area contributed by atoms with Crippen LogP contribution < -0.4 is 9.86 Å². The van der Waals surface area contributed by atoms with Crippen LogP contribution in [-0.4, -0.2) is 36.2 Å². The lowest BCUT2D eigenvalue weighted by atomic mass is 10.1. The molecule has 0 saturated heterocycles. The van der Waals surface area contributed by atoms with Crippen molar-refractivity contribution in [2.75, 3.05) is 13.4 Å². The van der Waals surface area contributed by atoms with Gasteiger partial charge in [-0.25, -0.2) is 31.5 Å². The van der Waals surface area contributed by atoms with Crippen molar-refractivity contribution in [1.82, 2.24) is 4.72 Å². The van der Waals surface area contributed by atoms with E-state index in [-0.39, 0.29) is 12.1 Å². The molecule has 0 fully saturated rings. The van der Waals surface area contributed by atoms with Crippen molar-refractivity contribution in [2.45, 2.75) is 11.4 Å². The number of nitrogens with one attached hydrogen (secondary N) is 1. The van der Waals surface area contributed by atoms with E-state index in [1.807, 2.05) is 0 Å². The highest BCUT2D eigenvalue weighted by atomic mass is 32.2. The number of carbonyl (C=O) groups excluding carboxylic acids is 1. The average molecular weight is 322 g/mol. The van der Waals surface area contributed by atoms with Crippen LogP contribution in [0, 0.1) is 0 Å². The van der Waals surface area contributed by atoms with Gasteiger partial charge in [-0.15, -0.1) is 0 Å². The number of carbonyl (C=O) groups is 1. The van der Waals surface area contributed by atoms with E-state index in [2.05, 4.69) is 9.46 Å². The first kappa shape index (κ1) is 16.6. The summed E-state index contributed by atoms with van der Waals surface area (Å²) in [6.45, 7) is -0.122. The van der Waals surface area contributed by atoms with Crippen molar-refractivity contribution in [3.63, 3.8) is 0 Å². The maximum Gasteiger partial charge on any atom is 0.339 e. The van der Waals surface area contributed by atoms with E-state index in [9.17, 15) is 21.6 Å². The van der Waals surface area contributed by atoms with E-state index in [1.54, 1.807) is 0 Å². The molecule has 10 heteroatoms. The zero-order valence-electron chi connectivity index (χ0n) is 10.8. The number of primary sulfonamides is 1. The number of nitrogens with two attached hydrogens (primary N) is 1. The van der Waals surface area contributed by atoms with E-state index in [0.717, 1.165) is 19.4 Å². The van der Waals surface area contributed by atoms with Gasteiger partial charge in [-0.1, -0.05) is 6.07 Å². The zero-order valence-corrected chi connectivity index (χ0v) is 12.4. The Morgan fingerprint density at radius 2 is 1.90 bits per heavy atom. The largest absolute Gasteiger partial charge is 0.465 e. The molecule has 0 unspecified atom stereocenters. The van der Waals surface area contributed by atoms with Crippen LogP contribution in [0.15, 0.2) is 23.1 Å². The van der Waals surface area contributed by atoms with Gasteiger partial charge in [0, 0.05) is 6.54 Å². The van der Waals surface area contributed by atoms with Crippen LogP contribution >= 0.6 is 0 Å². The Bertz CT molecular complexity index is 724. The van der Waals surface area contributed by atoms with E-state index < -0.39 is 30.9 Å². The van der Waals surface area contributed by atoms with Gasteiger partial charge in [-0.2, -0.15) is 0 Å². The lowest BCUT2D eigenvalue weighted by Crippen LogP contribution is -2.22. The molecule has 0 atom stereocenters. The molecular formula is C10H14N2O6S2. The van der Waals surface area contributed by atoms with Crippen molar-refractivity contribution in [1.29, 1.82) is 0 Å². The van der Waals surface area contributed by atoms with Gasteiger partial charge >= 0.3 is 5.97 Å². The number of sulfonamides is 2. The minimum Gasteiger partial charge on any atom is -0.465 e. The topological polar surface area (TPSA) is 133 Å². The molecule has 1 aromatic carbocycles. The number of ether oxygens (including phenoxy) is 1. The summed E-state index contributed by atoms with van der Waals surface area (Å²) in [4.78, 5) is 11.0. The van der Waals surface area contributed by atoms with Crippen LogP contribution in [0.1, 0.15) is 15.9 Å². The predicted octanol–water partition coefficient (Wildman–Crippen LogP) is -0.830. The van der Waals surface area contributed by atoms with Crippen molar-refractivity contribution in [3.8, 4) is 0 Å². The Hall–Kier alpha value is -1.49. The first-order valence-electron chi connectivity index (χ1n) is 5.23. The predicted molar refractivity (Wildman–Crippen MR) is 70.8 cm³/mol. The molecule has 0 heterocycles. The molecule has 0 aliphatic heterocycles. The standard InChI is InChI=1S/C10H14N2O6S2/c1-18-10(13)8-4-3-7(6-12-19(2,14)15)5-9(8)20(11,16)17/h3-5,12H,6H2,1-2H3,(H2,11,16,17). The summed E-state index contributed by atoms with van der Waals surface area (Å²) in [5, 5.41) is 5.03. The highest BCUT2D eigenvalue weighted by Crippen LogP contribution is 2.17. The molecule has 0 aliphatic carbocycles. The average Bonchev–Trinajstić information content (AvgIpc) is 2.33. The second-order valence-corrected chi connectivity index (χ2v) is 7.32. The highest BCUT2D eigenvalue weighted by molar-refractivity contribution is 7.89. The number of rotatable bonds is 5. The number of esters is 1. The second-order valence-electron chi connectivity index (χ2n) is 3.96. The maximum atomic E-state index is 11.5. The Labute approximate surface area is 117 Å². The number of benzene rings is 1. The van der Waals surface area contributed by atoms with Crippen LogP contribution in [0.2, 0.25) is 0 Å². The SMILES string of the molecule is COC(=O)c1ccc(CNS(C)(=O)=O)cc1S(N)(=O)=O. The summed E-state index contributed by atoms with van der Waals surface area (Å²) in [7, 11) is -6.46. The van der Waals surface area contributed by atoms with Gasteiger partial charge in [0.1, 0.15) is 0 Å². The molecule has 1 rings (SSSR count). The molecule has 3 N–H and O–H groups in total. The van der Waals surface area contributed by atoms with E-state index in [4.69, 9.17) is 5.14 Å². The minimum atomic E-state index is -4.14. The summed E-state index contributed by atoms with van der Waals surface area (Å²) in [6, 6.07) is 3.74. The van der Waals surface area contributed by atoms with Gasteiger partial charge in [0.2, 0.25) is 20.0 Å². The molecule has 0 aliphatic rings. The van der Waals surface area contributed by atoms with Gasteiger partial charge in [-0.05, 0) is 17.7 Å². The van der Waals surface area contributed by atoms with Gasteiger partial charge in [0.25, 0.3) is 0 Å². The summed E-state index contributed by atoms with van der Waals surface area (Å²) in [6.07, 6.45) is 0.969. The fraction of sp³-hybridized carbons (Fsp3) is 0.300. The molecule has 1 aromatic rings. The van der Waals surface area contributed by atoms with Crippen LogP contribution in [-0.2, 0) is 31.3 Å². The Kier molecular flexibility index (Phi) is 4.86.